The molecule has 0 aromatic heterocycles. The van der Waals surface area contributed by atoms with Crippen molar-refractivity contribution in [3.05, 3.63) is 35.7 Å². The lowest BCUT2D eigenvalue weighted by Crippen LogP contribution is -2.42. The molecule has 2 aliphatic rings. The summed E-state index contributed by atoms with van der Waals surface area (Å²) >= 11 is 0. The van der Waals surface area contributed by atoms with E-state index in [1.165, 1.54) is 43.3 Å². The van der Waals surface area contributed by atoms with Crippen LogP contribution in [-0.2, 0) is 23.8 Å². The highest BCUT2D eigenvalue weighted by molar-refractivity contribution is 6.16. The van der Waals surface area contributed by atoms with Gasteiger partial charge in [-0.3, -0.25) is 4.90 Å². The third-order valence-electron chi connectivity index (χ3n) is 3.29. The first kappa shape index (κ1) is 16.8. The van der Waals surface area contributed by atoms with Gasteiger partial charge in [0.1, 0.15) is 6.10 Å². The van der Waals surface area contributed by atoms with Crippen LogP contribution < -0.4 is 0 Å². The summed E-state index contributed by atoms with van der Waals surface area (Å²) < 4.78 is 15.3. The Morgan fingerprint density at radius 1 is 1.22 bits per heavy atom. The zero-order chi connectivity index (χ0) is 17.2. The Balaban J connectivity index is 2.15. The zero-order valence-corrected chi connectivity index (χ0v) is 13.5. The van der Waals surface area contributed by atoms with Gasteiger partial charge in [0.25, 0.3) is 5.79 Å². The van der Waals surface area contributed by atoms with Crippen molar-refractivity contribution in [3.8, 4) is 0 Å². The summed E-state index contributed by atoms with van der Waals surface area (Å²) in [4.78, 5) is 37.0. The molecule has 0 radical (unpaired) electrons. The van der Waals surface area contributed by atoms with Crippen LogP contribution in [0.5, 0.6) is 0 Å². The number of ether oxygens (including phenoxy) is 3. The molecule has 1 amide bonds. The number of rotatable bonds is 2. The first-order valence-electron chi connectivity index (χ1n) is 7.30. The first-order chi connectivity index (χ1) is 10.7. The molecule has 0 aromatic carbocycles. The monoisotopic (exact) mass is 321 g/mol. The molecule has 7 nitrogen and oxygen atoms in total. The van der Waals surface area contributed by atoms with Gasteiger partial charge in [-0.1, -0.05) is 6.92 Å². The lowest BCUT2D eigenvalue weighted by atomic mass is 10.1. The molecule has 23 heavy (non-hydrogen) atoms. The van der Waals surface area contributed by atoms with Crippen LogP contribution in [0.25, 0.3) is 0 Å². The SMILES string of the molecule is CCC(C)OC(=O)N1C=CC(=C2C(=O)OC(C)(C)OC2=O)C=C1. The summed E-state index contributed by atoms with van der Waals surface area (Å²) in [5.41, 5.74) is 0.106. The van der Waals surface area contributed by atoms with E-state index >= 15 is 0 Å². The van der Waals surface area contributed by atoms with E-state index in [-0.39, 0.29) is 11.7 Å². The number of hydrogen-bond acceptors (Lipinski definition) is 6. The van der Waals surface area contributed by atoms with Crippen LogP contribution in [0, 0.1) is 0 Å². The second kappa shape index (κ2) is 6.28. The molecule has 1 unspecified atom stereocenters. The Morgan fingerprint density at radius 2 is 1.74 bits per heavy atom. The molecule has 0 bridgehead atoms. The minimum absolute atomic E-state index is 0.199. The highest BCUT2D eigenvalue weighted by Gasteiger charge is 2.40. The molecule has 0 N–H and O–H groups in total. The first-order valence-corrected chi connectivity index (χ1v) is 7.30. The number of nitrogens with zero attached hydrogens (tertiary/aromatic N) is 1. The van der Waals surface area contributed by atoms with Gasteiger partial charge in [0.2, 0.25) is 0 Å². The predicted octanol–water partition coefficient (Wildman–Crippen LogP) is 2.40. The van der Waals surface area contributed by atoms with E-state index in [1.807, 2.05) is 6.92 Å². The van der Waals surface area contributed by atoms with E-state index in [0.29, 0.717) is 12.0 Å². The summed E-state index contributed by atoms with van der Waals surface area (Å²) in [6.45, 7) is 6.65. The van der Waals surface area contributed by atoms with Gasteiger partial charge in [0, 0.05) is 26.2 Å². The van der Waals surface area contributed by atoms with Crippen molar-refractivity contribution in [2.75, 3.05) is 0 Å². The molecule has 124 valence electrons. The predicted molar refractivity (Wildman–Crippen MR) is 79.6 cm³/mol. The highest BCUT2D eigenvalue weighted by atomic mass is 16.7. The van der Waals surface area contributed by atoms with Crippen molar-refractivity contribution in [2.24, 2.45) is 0 Å². The normalized spacial score (nSPS) is 21.0. The Morgan fingerprint density at radius 3 is 2.22 bits per heavy atom. The summed E-state index contributed by atoms with van der Waals surface area (Å²) in [6, 6.07) is 0. The number of allylic oxidation sites excluding steroid dienone is 3. The van der Waals surface area contributed by atoms with Crippen LogP contribution in [0.4, 0.5) is 4.79 Å². The lowest BCUT2D eigenvalue weighted by molar-refractivity contribution is -0.222. The molecule has 1 saturated heterocycles. The van der Waals surface area contributed by atoms with Crippen LogP contribution in [0.1, 0.15) is 34.1 Å². The van der Waals surface area contributed by atoms with Crippen LogP contribution >= 0.6 is 0 Å². The average Bonchev–Trinajstić information content (AvgIpc) is 2.45. The number of carbonyl (C=O) groups is 3. The van der Waals surface area contributed by atoms with Crippen LogP contribution in [0.3, 0.4) is 0 Å². The van der Waals surface area contributed by atoms with Gasteiger partial charge in [-0.05, 0) is 31.1 Å². The molecule has 0 aromatic rings. The average molecular weight is 321 g/mol. The fourth-order valence-electron chi connectivity index (χ4n) is 1.92. The molecule has 2 rings (SSSR count). The topological polar surface area (TPSA) is 82.1 Å². The number of cyclic esters (lactones) is 2. The van der Waals surface area contributed by atoms with E-state index in [0.717, 1.165) is 0 Å². The van der Waals surface area contributed by atoms with E-state index < -0.39 is 23.8 Å². The van der Waals surface area contributed by atoms with Gasteiger partial charge in [-0.15, -0.1) is 0 Å². The smallest absolute Gasteiger partial charge is 0.418 e. The van der Waals surface area contributed by atoms with Gasteiger partial charge in [0.15, 0.2) is 5.57 Å². The number of carbonyl (C=O) groups excluding carboxylic acids is 3. The van der Waals surface area contributed by atoms with Gasteiger partial charge in [-0.25, -0.2) is 14.4 Å². The molecule has 2 aliphatic heterocycles. The van der Waals surface area contributed by atoms with Crippen molar-refractivity contribution in [1.29, 1.82) is 0 Å². The maximum Gasteiger partial charge on any atom is 0.418 e. The molecular formula is C16H19NO6. The summed E-state index contributed by atoms with van der Waals surface area (Å²) in [5, 5.41) is 0. The fourth-order valence-corrected chi connectivity index (χ4v) is 1.92. The Hall–Kier alpha value is -2.57. The molecule has 7 heteroatoms. The quantitative estimate of drug-likeness (QED) is 0.441. The molecule has 0 spiro atoms. The Labute approximate surface area is 134 Å². The van der Waals surface area contributed by atoms with Crippen LogP contribution in [0.2, 0.25) is 0 Å². The molecular weight excluding hydrogens is 302 g/mol. The van der Waals surface area contributed by atoms with Crippen molar-refractivity contribution < 1.29 is 28.6 Å². The number of hydrogen-bond donors (Lipinski definition) is 0. The zero-order valence-electron chi connectivity index (χ0n) is 13.5. The standard InChI is InChI=1S/C16H19NO6/c1-5-10(2)21-15(20)17-8-6-11(7-9-17)12-13(18)22-16(3,4)23-14(12)19/h6-10H,5H2,1-4H3. The molecule has 1 fully saturated rings. The van der Waals surface area contributed by atoms with Crippen LogP contribution in [0.15, 0.2) is 35.7 Å². The minimum atomic E-state index is -1.29. The Bertz CT molecular complexity index is 590. The van der Waals surface area contributed by atoms with E-state index in [2.05, 4.69) is 0 Å². The maximum absolute atomic E-state index is 12.0. The number of esters is 2. The Kier molecular flexibility index (Phi) is 4.58. The summed E-state index contributed by atoms with van der Waals surface area (Å²) in [5.74, 6) is -2.80. The minimum Gasteiger partial charge on any atom is -0.446 e. The van der Waals surface area contributed by atoms with Crippen molar-refractivity contribution in [2.45, 2.75) is 46.0 Å². The van der Waals surface area contributed by atoms with Crippen molar-refractivity contribution >= 4 is 18.0 Å². The third-order valence-corrected chi connectivity index (χ3v) is 3.29. The highest BCUT2D eigenvalue weighted by Crippen LogP contribution is 2.26. The molecule has 1 atom stereocenters. The van der Waals surface area contributed by atoms with Crippen molar-refractivity contribution in [3.63, 3.8) is 0 Å². The molecule has 0 aliphatic carbocycles. The summed E-state index contributed by atoms with van der Waals surface area (Å²) in [6.07, 6.45) is 5.69. The van der Waals surface area contributed by atoms with Crippen LogP contribution in [-0.4, -0.2) is 34.8 Å². The van der Waals surface area contributed by atoms with Gasteiger partial charge < -0.3 is 14.2 Å². The van der Waals surface area contributed by atoms with Gasteiger partial charge in [0.05, 0.1) is 0 Å². The third kappa shape index (κ3) is 3.80. The summed E-state index contributed by atoms with van der Waals surface area (Å²) in [7, 11) is 0. The molecule has 2 heterocycles. The van der Waals surface area contributed by atoms with E-state index in [9.17, 15) is 14.4 Å². The molecule has 0 saturated carbocycles. The fraction of sp³-hybridized carbons (Fsp3) is 0.438. The largest absolute Gasteiger partial charge is 0.446 e. The van der Waals surface area contributed by atoms with Gasteiger partial charge >= 0.3 is 18.0 Å². The van der Waals surface area contributed by atoms with Gasteiger partial charge in [-0.2, -0.15) is 0 Å². The maximum atomic E-state index is 12.0. The van der Waals surface area contributed by atoms with E-state index in [4.69, 9.17) is 14.2 Å². The second-order valence-electron chi connectivity index (χ2n) is 5.65. The van der Waals surface area contributed by atoms with Crippen molar-refractivity contribution in [1.82, 2.24) is 4.90 Å². The second-order valence-corrected chi connectivity index (χ2v) is 5.65. The van der Waals surface area contributed by atoms with E-state index in [1.54, 1.807) is 6.92 Å². The lowest BCUT2D eigenvalue weighted by Gasteiger charge is -2.30. The number of amides is 1.